The molecule has 0 bridgehead atoms. The summed E-state index contributed by atoms with van der Waals surface area (Å²) >= 11 is 0. The predicted octanol–water partition coefficient (Wildman–Crippen LogP) is 4.07. The molecular weight excluding hydrogens is 518 g/mol. The van der Waals surface area contributed by atoms with Gasteiger partial charge < -0.3 is 19.7 Å². The second-order valence-electron chi connectivity index (χ2n) is 8.95. The lowest BCUT2D eigenvalue weighted by atomic mass is 10.1. The van der Waals surface area contributed by atoms with E-state index in [0.717, 1.165) is 18.3 Å². The number of hydrogen-bond donors (Lipinski definition) is 2. The summed E-state index contributed by atoms with van der Waals surface area (Å²) < 4.78 is 79.8. The number of carbonyl (C=O) groups is 1. The zero-order chi connectivity index (χ0) is 27.7. The number of hydrogen-bond acceptors (Lipinski definition) is 5. The summed E-state index contributed by atoms with van der Waals surface area (Å²) in [6.07, 6.45) is -5.15. The Hall–Kier alpha value is -3.97. The maximum absolute atomic E-state index is 13.3. The molecule has 0 unspecified atom stereocenters. The summed E-state index contributed by atoms with van der Waals surface area (Å²) in [5.41, 5.74) is -2.83. The summed E-state index contributed by atoms with van der Waals surface area (Å²) in [4.78, 5) is 28.1. The number of carbonyl (C=O) groups excluding carboxylic acids is 1. The van der Waals surface area contributed by atoms with Crippen LogP contribution in [-0.4, -0.2) is 57.8 Å². The number of piperazine rings is 1. The lowest BCUT2D eigenvalue weighted by molar-refractivity contribution is -0.138. The molecule has 1 aliphatic rings. The Bertz CT molecular complexity index is 1320. The molecule has 1 aliphatic heterocycles. The van der Waals surface area contributed by atoms with Crippen LogP contribution >= 0.6 is 0 Å². The second-order valence-corrected chi connectivity index (χ2v) is 8.95. The number of H-pyrrole nitrogens is 1. The largest absolute Gasteiger partial charge is 0.423 e. The lowest BCUT2D eigenvalue weighted by Crippen LogP contribution is -2.48. The number of rotatable bonds is 6. The molecular formula is C24H24F6N6O2. The molecule has 2 N–H and O–H groups in total. The summed E-state index contributed by atoms with van der Waals surface area (Å²) in [5, 5.41) is 7.86. The summed E-state index contributed by atoms with van der Waals surface area (Å²) in [5.74, 6) is -0.227. The predicted molar refractivity (Wildman–Crippen MR) is 127 cm³/mol. The SMILES string of the molecule is C[C@@H](Cn1ccc(C(=O)N2CCN(c3ccc(C(F)(F)F)cc3)CC2)c1)Nc1cn[nH]c(=O)c1C(F)(F)F. The minimum Gasteiger partial charge on any atom is -0.379 e. The van der Waals surface area contributed by atoms with E-state index in [0.29, 0.717) is 37.4 Å². The van der Waals surface area contributed by atoms with E-state index in [9.17, 15) is 35.9 Å². The monoisotopic (exact) mass is 542 g/mol. The van der Waals surface area contributed by atoms with Crippen LogP contribution in [0, 0.1) is 0 Å². The van der Waals surface area contributed by atoms with Crippen molar-refractivity contribution in [2.24, 2.45) is 0 Å². The third-order valence-corrected chi connectivity index (χ3v) is 6.15. The minimum atomic E-state index is -4.86. The summed E-state index contributed by atoms with van der Waals surface area (Å²) in [6, 6.07) is 5.95. The zero-order valence-corrected chi connectivity index (χ0v) is 20.1. The number of benzene rings is 1. The zero-order valence-electron chi connectivity index (χ0n) is 20.1. The van der Waals surface area contributed by atoms with E-state index in [4.69, 9.17) is 0 Å². The first kappa shape index (κ1) is 27.1. The molecule has 8 nitrogen and oxygen atoms in total. The fourth-order valence-corrected chi connectivity index (χ4v) is 4.31. The summed E-state index contributed by atoms with van der Waals surface area (Å²) in [6.45, 7) is 3.48. The van der Waals surface area contributed by atoms with E-state index in [1.165, 1.54) is 12.1 Å². The van der Waals surface area contributed by atoms with Crippen LogP contribution in [0.25, 0.3) is 0 Å². The molecule has 204 valence electrons. The van der Waals surface area contributed by atoms with Crippen molar-refractivity contribution < 1.29 is 31.1 Å². The van der Waals surface area contributed by atoms with E-state index >= 15 is 0 Å². The van der Waals surface area contributed by atoms with Crippen LogP contribution in [0.2, 0.25) is 0 Å². The van der Waals surface area contributed by atoms with Gasteiger partial charge in [-0.15, -0.1) is 0 Å². The van der Waals surface area contributed by atoms with Gasteiger partial charge in [-0.05, 0) is 37.3 Å². The Morgan fingerprint density at radius 1 is 1.03 bits per heavy atom. The van der Waals surface area contributed by atoms with Crippen molar-refractivity contribution in [3.63, 3.8) is 0 Å². The highest BCUT2D eigenvalue weighted by Crippen LogP contribution is 2.32. The Balaban J connectivity index is 1.33. The average Bonchev–Trinajstić information content (AvgIpc) is 3.30. The van der Waals surface area contributed by atoms with E-state index < -0.39 is 40.8 Å². The number of halogens is 6. The van der Waals surface area contributed by atoms with Crippen LogP contribution in [0.4, 0.5) is 37.7 Å². The number of aromatic amines is 1. The van der Waals surface area contributed by atoms with Crippen molar-refractivity contribution in [1.82, 2.24) is 19.7 Å². The standard InChI is InChI=1S/C24H24F6N6O2/c1-15(32-19-12-31-33-21(37)20(19)24(28,29)30)13-34-7-6-16(14-34)22(38)36-10-8-35(9-11-36)18-4-2-17(3-5-18)23(25,26)27/h2-7,12,14-15H,8-11,13H2,1H3,(H2,32,33,37)/t15-/m0/s1. The van der Waals surface area contributed by atoms with E-state index in [2.05, 4.69) is 10.4 Å². The average molecular weight is 542 g/mol. The lowest BCUT2D eigenvalue weighted by Gasteiger charge is -2.36. The van der Waals surface area contributed by atoms with Gasteiger partial charge >= 0.3 is 12.4 Å². The highest BCUT2D eigenvalue weighted by atomic mass is 19.4. The highest BCUT2D eigenvalue weighted by molar-refractivity contribution is 5.94. The van der Waals surface area contributed by atoms with Gasteiger partial charge in [0, 0.05) is 56.8 Å². The van der Waals surface area contributed by atoms with Gasteiger partial charge in [0.25, 0.3) is 11.5 Å². The summed E-state index contributed by atoms with van der Waals surface area (Å²) in [7, 11) is 0. The Labute approximate surface area is 212 Å². The van der Waals surface area contributed by atoms with Crippen LogP contribution in [0.1, 0.15) is 28.4 Å². The molecule has 14 heteroatoms. The second kappa shape index (κ2) is 10.4. The van der Waals surface area contributed by atoms with Crippen LogP contribution in [0.15, 0.2) is 53.7 Å². The van der Waals surface area contributed by atoms with Gasteiger partial charge in [0.15, 0.2) is 0 Å². The normalized spacial score (nSPS) is 15.4. The highest BCUT2D eigenvalue weighted by Gasteiger charge is 2.37. The van der Waals surface area contributed by atoms with E-state index in [1.54, 1.807) is 39.9 Å². The molecule has 0 spiro atoms. The van der Waals surface area contributed by atoms with Crippen LogP contribution in [-0.2, 0) is 18.9 Å². The molecule has 2 aromatic heterocycles. The van der Waals surface area contributed by atoms with Crippen molar-refractivity contribution in [2.75, 3.05) is 36.4 Å². The molecule has 0 saturated carbocycles. The number of nitrogens with zero attached hydrogens (tertiary/aromatic N) is 4. The van der Waals surface area contributed by atoms with Crippen molar-refractivity contribution in [3.8, 4) is 0 Å². The Morgan fingerprint density at radius 3 is 2.29 bits per heavy atom. The molecule has 4 rings (SSSR count). The first-order valence-electron chi connectivity index (χ1n) is 11.6. The number of anilines is 2. The van der Waals surface area contributed by atoms with Gasteiger partial charge in [-0.3, -0.25) is 9.59 Å². The number of aromatic nitrogens is 3. The van der Waals surface area contributed by atoms with Gasteiger partial charge in [-0.1, -0.05) is 0 Å². The molecule has 3 heterocycles. The van der Waals surface area contributed by atoms with Crippen LogP contribution in [0.3, 0.4) is 0 Å². The van der Waals surface area contributed by atoms with Gasteiger partial charge in [0.1, 0.15) is 5.56 Å². The fourth-order valence-electron chi connectivity index (χ4n) is 4.31. The molecule has 1 amide bonds. The Morgan fingerprint density at radius 2 is 1.68 bits per heavy atom. The van der Waals surface area contributed by atoms with Crippen LogP contribution in [0.5, 0.6) is 0 Å². The van der Waals surface area contributed by atoms with Gasteiger partial charge in [-0.2, -0.15) is 31.4 Å². The quantitative estimate of drug-likeness (QED) is 0.459. The van der Waals surface area contributed by atoms with E-state index in [1.807, 2.05) is 4.90 Å². The third-order valence-electron chi connectivity index (χ3n) is 6.15. The first-order chi connectivity index (χ1) is 17.8. The Kier molecular flexibility index (Phi) is 7.42. The topological polar surface area (TPSA) is 86.3 Å². The van der Waals surface area contributed by atoms with Crippen LogP contribution < -0.4 is 15.8 Å². The van der Waals surface area contributed by atoms with Gasteiger partial charge in [0.2, 0.25) is 0 Å². The molecule has 3 aromatic rings. The van der Waals surface area contributed by atoms with E-state index in [-0.39, 0.29) is 12.5 Å². The minimum absolute atomic E-state index is 0.207. The molecule has 1 saturated heterocycles. The van der Waals surface area contributed by atoms with Gasteiger partial charge in [-0.25, -0.2) is 5.10 Å². The molecule has 0 aliphatic carbocycles. The molecule has 1 fully saturated rings. The number of alkyl halides is 6. The van der Waals surface area contributed by atoms with Crippen molar-refractivity contribution >= 4 is 17.3 Å². The maximum Gasteiger partial charge on any atom is 0.423 e. The van der Waals surface area contributed by atoms with Crippen molar-refractivity contribution in [3.05, 3.63) is 76.0 Å². The maximum atomic E-state index is 13.3. The fraction of sp³-hybridized carbons (Fsp3) is 0.375. The van der Waals surface area contributed by atoms with Crippen molar-refractivity contribution in [1.29, 1.82) is 0 Å². The first-order valence-corrected chi connectivity index (χ1v) is 11.6. The number of nitrogens with one attached hydrogen (secondary N) is 2. The number of amides is 1. The molecule has 1 aromatic carbocycles. The smallest absolute Gasteiger partial charge is 0.379 e. The molecule has 0 radical (unpaired) electrons. The molecule has 1 atom stereocenters. The van der Waals surface area contributed by atoms with Gasteiger partial charge in [0.05, 0.1) is 23.0 Å². The van der Waals surface area contributed by atoms with Crippen molar-refractivity contribution in [2.45, 2.75) is 31.9 Å². The third kappa shape index (κ3) is 6.11. The molecule has 38 heavy (non-hydrogen) atoms.